The standard InChI is InChI=1S/C24H19NO4S/c1-24(13-7-6-8-14(11-13)29-3)16-12-18(23(27)28)30-22(16)21(26)20-19(24)15-9-4-5-10-17(15)25(20)2/h4-12H,1-3H3,(H,27,28). The van der Waals surface area contributed by atoms with Crippen molar-refractivity contribution in [2.24, 2.45) is 7.05 Å². The van der Waals surface area contributed by atoms with Crippen molar-refractivity contribution in [3.8, 4) is 5.75 Å². The Labute approximate surface area is 177 Å². The predicted octanol–water partition coefficient (Wildman–Crippen LogP) is 4.85. The lowest BCUT2D eigenvalue weighted by atomic mass is 9.66. The van der Waals surface area contributed by atoms with Gasteiger partial charge in [0, 0.05) is 28.9 Å². The molecule has 0 bridgehead atoms. The van der Waals surface area contributed by atoms with E-state index in [-0.39, 0.29) is 10.7 Å². The van der Waals surface area contributed by atoms with E-state index in [9.17, 15) is 14.7 Å². The number of nitrogens with zero attached hydrogens (tertiary/aromatic N) is 1. The molecule has 0 radical (unpaired) electrons. The second-order valence-electron chi connectivity index (χ2n) is 7.64. The van der Waals surface area contributed by atoms with Gasteiger partial charge in [-0.15, -0.1) is 11.3 Å². The third kappa shape index (κ3) is 2.28. The van der Waals surface area contributed by atoms with Gasteiger partial charge < -0.3 is 14.4 Å². The highest BCUT2D eigenvalue weighted by atomic mass is 32.1. The molecule has 1 aliphatic carbocycles. The van der Waals surface area contributed by atoms with Crippen LogP contribution in [-0.4, -0.2) is 28.5 Å². The molecule has 0 aliphatic heterocycles. The van der Waals surface area contributed by atoms with Crippen LogP contribution in [0.5, 0.6) is 5.75 Å². The van der Waals surface area contributed by atoms with Crippen LogP contribution in [0, 0.1) is 0 Å². The number of rotatable bonds is 3. The largest absolute Gasteiger partial charge is 0.497 e. The number of hydrogen-bond donors (Lipinski definition) is 1. The first-order valence-electron chi connectivity index (χ1n) is 9.52. The van der Waals surface area contributed by atoms with Crippen molar-refractivity contribution in [2.75, 3.05) is 7.11 Å². The van der Waals surface area contributed by atoms with Gasteiger partial charge in [0.25, 0.3) is 0 Å². The first kappa shape index (κ1) is 18.6. The maximum absolute atomic E-state index is 13.5. The van der Waals surface area contributed by atoms with E-state index in [1.165, 1.54) is 0 Å². The summed E-state index contributed by atoms with van der Waals surface area (Å²) in [6.45, 7) is 2.07. The molecule has 1 aliphatic rings. The van der Waals surface area contributed by atoms with E-state index >= 15 is 0 Å². The Morgan fingerprint density at radius 1 is 1.13 bits per heavy atom. The number of aryl methyl sites for hydroxylation is 1. The lowest BCUT2D eigenvalue weighted by Crippen LogP contribution is -2.33. The molecule has 1 atom stereocenters. The van der Waals surface area contributed by atoms with Gasteiger partial charge in [-0.05, 0) is 42.3 Å². The molecule has 150 valence electrons. The van der Waals surface area contributed by atoms with Crippen LogP contribution in [0.3, 0.4) is 0 Å². The number of ether oxygens (including phenoxy) is 1. The number of carboxylic acids is 1. The summed E-state index contributed by atoms with van der Waals surface area (Å²) in [5.74, 6) is -0.441. The van der Waals surface area contributed by atoms with Crippen molar-refractivity contribution in [3.63, 3.8) is 0 Å². The minimum absolute atomic E-state index is 0.128. The van der Waals surface area contributed by atoms with E-state index in [0.29, 0.717) is 16.3 Å². The first-order valence-corrected chi connectivity index (χ1v) is 10.3. The molecule has 2 aromatic carbocycles. The number of thiophene rings is 1. The second kappa shape index (κ2) is 6.31. The Bertz CT molecular complexity index is 1360. The molecule has 5 rings (SSSR count). The van der Waals surface area contributed by atoms with Crippen molar-refractivity contribution < 1.29 is 19.4 Å². The molecule has 30 heavy (non-hydrogen) atoms. The minimum Gasteiger partial charge on any atom is -0.497 e. The molecule has 6 heteroatoms. The average molecular weight is 417 g/mol. The third-order valence-electron chi connectivity index (χ3n) is 6.16. The van der Waals surface area contributed by atoms with Gasteiger partial charge in [-0.3, -0.25) is 4.79 Å². The smallest absolute Gasteiger partial charge is 0.345 e. The third-order valence-corrected chi connectivity index (χ3v) is 7.28. The van der Waals surface area contributed by atoms with Gasteiger partial charge in [0.05, 0.1) is 17.7 Å². The van der Waals surface area contributed by atoms with Crippen LogP contribution >= 0.6 is 11.3 Å². The first-order chi connectivity index (χ1) is 14.4. The highest BCUT2D eigenvalue weighted by Gasteiger charge is 2.46. The molecule has 0 fully saturated rings. The fourth-order valence-electron chi connectivity index (χ4n) is 4.68. The van der Waals surface area contributed by atoms with Gasteiger partial charge in [0.15, 0.2) is 0 Å². The number of fused-ring (bicyclic) bond motifs is 4. The Hall–Kier alpha value is -3.38. The quantitative estimate of drug-likeness (QED) is 0.518. The van der Waals surface area contributed by atoms with E-state index in [1.807, 2.05) is 60.1 Å². The van der Waals surface area contributed by atoms with Crippen molar-refractivity contribution in [3.05, 3.63) is 86.7 Å². The number of carbonyl (C=O) groups is 2. The number of carboxylic acid groups (broad SMARTS) is 1. The molecule has 0 saturated carbocycles. The van der Waals surface area contributed by atoms with Gasteiger partial charge in [-0.1, -0.05) is 30.3 Å². The zero-order chi connectivity index (χ0) is 21.2. The molecule has 1 unspecified atom stereocenters. The Balaban J connectivity index is 1.95. The highest BCUT2D eigenvalue weighted by molar-refractivity contribution is 7.16. The van der Waals surface area contributed by atoms with Gasteiger partial charge >= 0.3 is 5.97 Å². The molecule has 0 spiro atoms. The van der Waals surface area contributed by atoms with Crippen molar-refractivity contribution >= 4 is 34.0 Å². The van der Waals surface area contributed by atoms with Gasteiger partial charge in [0.1, 0.15) is 10.6 Å². The predicted molar refractivity (Wildman–Crippen MR) is 116 cm³/mol. The van der Waals surface area contributed by atoms with Crippen molar-refractivity contribution in [2.45, 2.75) is 12.3 Å². The van der Waals surface area contributed by atoms with Crippen LogP contribution in [-0.2, 0) is 12.5 Å². The van der Waals surface area contributed by atoms with Crippen LogP contribution in [0.2, 0.25) is 0 Å². The fraction of sp³-hybridized carbons (Fsp3) is 0.167. The Kier molecular flexibility index (Phi) is 3.92. The molecule has 0 amide bonds. The Morgan fingerprint density at radius 3 is 2.63 bits per heavy atom. The van der Waals surface area contributed by atoms with Gasteiger partial charge in [0.2, 0.25) is 5.78 Å². The lowest BCUT2D eigenvalue weighted by Gasteiger charge is -2.35. The van der Waals surface area contributed by atoms with Crippen LogP contribution in [0.4, 0.5) is 0 Å². The number of benzene rings is 2. The number of carbonyl (C=O) groups excluding carboxylic acids is 1. The summed E-state index contributed by atoms with van der Waals surface area (Å²) >= 11 is 1.05. The van der Waals surface area contributed by atoms with Crippen LogP contribution in [0.25, 0.3) is 10.9 Å². The van der Waals surface area contributed by atoms with Gasteiger partial charge in [-0.25, -0.2) is 4.79 Å². The van der Waals surface area contributed by atoms with Gasteiger partial charge in [-0.2, -0.15) is 0 Å². The average Bonchev–Trinajstić information content (AvgIpc) is 3.34. The summed E-state index contributed by atoms with van der Waals surface area (Å²) < 4.78 is 7.39. The van der Waals surface area contributed by atoms with E-state index in [1.54, 1.807) is 13.2 Å². The van der Waals surface area contributed by atoms with Crippen LogP contribution < -0.4 is 4.74 Å². The van der Waals surface area contributed by atoms with E-state index in [2.05, 4.69) is 6.92 Å². The summed E-state index contributed by atoms with van der Waals surface area (Å²) in [5.41, 5.74) is 3.44. The van der Waals surface area contributed by atoms with E-state index in [4.69, 9.17) is 4.74 Å². The number of methoxy groups -OCH3 is 1. The number of aromatic carboxylic acids is 1. The molecule has 0 saturated heterocycles. The maximum atomic E-state index is 13.5. The van der Waals surface area contributed by atoms with Crippen molar-refractivity contribution in [1.82, 2.24) is 4.57 Å². The SMILES string of the molecule is COc1cccc(C2(C)c3cc(C(=O)O)sc3C(=O)c3c2c2ccccc2n3C)c1. The number of hydrogen-bond acceptors (Lipinski definition) is 4. The summed E-state index contributed by atoms with van der Waals surface area (Å²) in [6, 6.07) is 17.4. The van der Waals surface area contributed by atoms with Crippen molar-refractivity contribution in [1.29, 1.82) is 0 Å². The van der Waals surface area contributed by atoms with E-state index < -0.39 is 11.4 Å². The Morgan fingerprint density at radius 2 is 1.90 bits per heavy atom. The molecule has 2 heterocycles. The second-order valence-corrected chi connectivity index (χ2v) is 8.70. The number of ketones is 1. The van der Waals surface area contributed by atoms with Crippen LogP contribution in [0.15, 0.2) is 54.6 Å². The molecular weight excluding hydrogens is 398 g/mol. The fourth-order valence-corrected chi connectivity index (χ4v) is 5.72. The number of para-hydroxylation sites is 1. The number of aromatic nitrogens is 1. The molecule has 5 nitrogen and oxygen atoms in total. The van der Waals surface area contributed by atoms with E-state index in [0.717, 1.165) is 38.9 Å². The molecule has 4 aromatic rings. The summed E-state index contributed by atoms with van der Waals surface area (Å²) in [4.78, 5) is 25.9. The zero-order valence-electron chi connectivity index (χ0n) is 16.7. The lowest BCUT2D eigenvalue weighted by molar-refractivity contribution is 0.0702. The summed E-state index contributed by atoms with van der Waals surface area (Å²) in [5, 5.41) is 10.6. The van der Waals surface area contributed by atoms with Crippen LogP contribution in [0.1, 0.15) is 48.7 Å². The normalized spacial score (nSPS) is 17.6. The maximum Gasteiger partial charge on any atom is 0.345 e. The molecule has 1 N–H and O–H groups in total. The molecular formula is C24H19NO4S. The molecule has 2 aromatic heterocycles. The highest BCUT2D eigenvalue weighted by Crippen LogP contribution is 2.52. The summed E-state index contributed by atoms with van der Waals surface area (Å²) in [6.07, 6.45) is 0. The monoisotopic (exact) mass is 417 g/mol. The minimum atomic E-state index is -1.02. The topological polar surface area (TPSA) is 68.5 Å². The zero-order valence-corrected chi connectivity index (χ0v) is 17.5. The summed E-state index contributed by atoms with van der Waals surface area (Å²) in [7, 11) is 3.51.